The third-order valence-corrected chi connectivity index (χ3v) is 3.96. The van der Waals surface area contributed by atoms with E-state index < -0.39 is 6.10 Å². The molecule has 0 radical (unpaired) electrons. The van der Waals surface area contributed by atoms with Crippen LogP contribution < -0.4 is 10.6 Å². The molecule has 116 valence electrons. The number of benzene rings is 1. The van der Waals surface area contributed by atoms with Crippen LogP contribution >= 0.6 is 11.3 Å². The van der Waals surface area contributed by atoms with Gasteiger partial charge in [-0.15, -0.1) is 6.58 Å². The maximum absolute atomic E-state index is 12.0. The summed E-state index contributed by atoms with van der Waals surface area (Å²) in [6.45, 7) is 6.33. The minimum absolute atomic E-state index is 0.162. The van der Waals surface area contributed by atoms with E-state index in [1.807, 2.05) is 31.2 Å². The molecule has 0 aliphatic rings. The first-order valence-corrected chi connectivity index (χ1v) is 7.75. The third-order valence-electron chi connectivity index (χ3n) is 3.01. The number of carbonyl (C=O) groups excluding carboxylic acids is 1. The van der Waals surface area contributed by atoms with Crippen molar-refractivity contribution < 1.29 is 9.90 Å². The van der Waals surface area contributed by atoms with Gasteiger partial charge in [-0.25, -0.2) is 4.98 Å². The molecule has 0 aliphatic heterocycles. The Morgan fingerprint density at radius 3 is 3.09 bits per heavy atom. The van der Waals surface area contributed by atoms with E-state index in [9.17, 15) is 9.90 Å². The summed E-state index contributed by atoms with van der Waals surface area (Å²) < 4.78 is 0. The number of hydrogen-bond donors (Lipinski definition) is 3. The van der Waals surface area contributed by atoms with Crippen molar-refractivity contribution in [3.8, 4) is 0 Å². The van der Waals surface area contributed by atoms with E-state index in [0.717, 1.165) is 11.1 Å². The Kier molecular flexibility index (Phi) is 5.68. The number of rotatable bonds is 7. The molecule has 1 atom stereocenters. The standard InChI is InChI=1S/C16H19N3O2S/c1-3-7-17-16-19-10-14(22-16)15(21)18-9-13(20)12-6-4-5-11(2)8-12/h3-6,8,10,13,20H,1,7,9H2,2H3,(H,17,19)(H,18,21). The second kappa shape index (κ2) is 7.72. The summed E-state index contributed by atoms with van der Waals surface area (Å²) >= 11 is 1.27. The van der Waals surface area contributed by atoms with Crippen LogP contribution in [0.2, 0.25) is 0 Å². The van der Waals surface area contributed by atoms with Gasteiger partial charge in [0, 0.05) is 13.1 Å². The fourth-order valence-electron chi connectivity index (χ4n) is 1.89. The number of nitrogens with one attached hydrogen (secondary N) is 2. The minimum atomic E-state index is -0.727. The first-order valence-electron chi connectivity index (χ1n) is 6.93. The Morgan fingerprint density at radius 2 is 2.36 bits per heavy atom. The van der Waals surface area contributed by atoms with Gasteiger partial charge < -0.3 is 15.7 Å². The monoisotopic (exact) mass is 317 g/mol. The molecule has 0 aliphatic carbocycles. The first-order chi connectivity index (χ1) is 10.6. The lowest BCUT2D eigenvalue weighted by Crippen LogP contribution is -2.27. The molecule has 0 saturated heterocycles. The van der Waals surface area contributed by atoms with Crippen LogP contribution in [0.25, 0.3) is 0 Å². The number of anilines is 1. The summed E-state index contributed by atoms with van der Waals surface area (Å²) in [7, 11) is 0. The van der Waals surface area contributed by atoms with Crippen LogP contribution in [0.15, 0.2) is 43.1 Å². The molecule has 2 aromatic rings. The topological polar surface area (TPSA) is 74.2 Å². The number of aromatic nitrogens is 1. The molecule has 0 spiro atoms. The smallest absolute Gasteiger partial charge is 0.263 e. The van der Waals surface area contributed by atoms with Crippen LogP contribution in [0.1, 0.15) is 26.9 Å². The van der Waals surface area contributed by atoms with Crippen LogP contribution in [0.5, 0.6) is 0 Å². The molecule has 5 nitrogen and oxygen atoms in total. The van der Waals surface area contributed by atoms with Gasteiger partial charge in [0.05, 0.1) is 12.3 Å². The van der Waals surface area contributed by atoms with E-state index in [0.29, 0.717) is 16.6 Å². The number of carbonyl (C=O) groups is 1. The molecule has 1 unspecified atom stereocenters. The number of thiazole rings is 1. The highest BCUT2D eigenvalue weighted by atomic mass is 32.1. The summed E-state index contributed by atoms with van der Waals surface area (Å²) in [5.41, 5.74) is 1.86. The summed E-state index contributed by atoms with van der Waals surface area (Å²) in [4.78, 5) is 16.6. The Labute approximate surface area is 133 Å². The van der Waals surface area contributed by atoms with E-state index in [1.165, 1.54) is 17.5 Å². The Balaban J connectivity index is 1.89. The maximum atomic E-state index is 12.0. The molecule has 2 rings (SSSR count). The predicted molar refractivity (Wildman–Crippen MR) is 89.3 cm³/mol. The number of hydrogen-bond acceptors (Lipinski definition) is 5. The van der Waals surface area contributed by atoms with Crippen LogP contribution in [0.4, 0.5) is 5.13 Å². The van der Waals surface area contributed by atoms with Crippen molar-refractivity contribution in [2.45, 2.75) is 13.0 Å². The molecule has 0 bridgehead atoms. The molecule has 6 heteroatoms. The van der Waals surface area contributed by atoms with E-state index in [-0.39, 0.29) is 12.5 Å². The fourth-order valence-corrected chi connectivity index (χ4v) is 2.63. The summed E-state index contributed by atoms with van der Waals surface area (Å²) in [5, 5.41) is 16.5. The average molecular weight is 317 g/mol. The molecule has 22 heavy (non-hydrogen) atoms. The second-order valence-corrected chi connectivity index (χ2v) is 5.87. The van der Waals surface area contributed by atoms with Crippen LogP contribution in [-0.4, -0.2) is 29.1 Å². The minimum Gasteiger partial charge on any atom is -0.387 e. The van der Waals surface area contributed by atoms with E-state index in [1.54, 1.807) is 6.08 Å². The fraction of sp³-hybridized carbons (Fsp3) is 0.250. The first kappa shape index (κ1) is 16.2. The van der Waals surface area contributed by atoms with Crippen LogP contribution in [0.3, 0.4) is 0 Å². The predicted octanol–water partition coefficient (Wildman–Crippen LogP) is 2.51. The highest BCUT2D eigenvalue weighted by Gasteiger charge is 2.13. The van der Waals surface area contributed by atoms with Crippen molar-refractivity contribution >= 4 is 22.4 Å². The average Bonchev–Trinajstić information content (AvgIpc) is 2.99. The number of aliphatic hydroxyl groups is 1. The lowest BCUT2D eigenvalue weighted by molar-refractivity contribution is 0.0920. The van der Waals surface area contributed by atoms with Gasteiger partial charge in [0.15, 0.2) is 5.13 Å². The molecule has 1 heterocycles. The third kappa shape index (κ3) is 4.41. The van der Waals surface area contributed by atoms with Crippen molar-refractivity contribution in [2.24, 2.45) is 0 Å². The van der Waals surface area contributed by atoms with Gasteiger partial charge >= 0.3 is 0 Å². The van der Waals surface area contributed by atoms with Gasteiger partial charge in [-0.2, -0.15) is 0 Å². The Hall–Kier alpha value is -2.18. The van der Waals surface area contributed by atoms with Gasteiger partial charge in [-0.1, -0.05) is 47.2 Å². The van der Waals surface area contributed by atoms with Crippen LogP contribution in [0, 0.1) is 6.92 Å². The maximum Gasteiger partial charge on any atom is 0.263 e. The number of aliphatic hydroxyl groups excluding tert-OH is 1. The van der Waals surface area contributed by atoms with Crippen LogP contribution in [-0.2, 0) is 0 Å². The zero-order chi connectivity index (χ0) is 15.9. The lowest BCUT2D eigenvalue weighted by atomic mass is 10.1. The van der Waals surface area contributed by atoms with Gasteiger partial charge in [0.1, 0.15) is 4.88 Å². The van der Waals surface area contributed by atoms with Gasteiger partial charge in [0.2, 0.25) is 0 Å². The lowest BCUT2D eigenvalue weighted by Gasteiger charge is -2.12. The molecule has 1 amide bonds. The van der Waals surface area contributed by atoms with Crippen molar-refractivity contribution in [2.75, 3.05) is 18.4 Å². The molecule has 0 fully saturated rings. The largest absolute Gasteiger partial charge is 0.387 e. The number of amides is 1. The van der Waals surface area contributed by atoms with Gasteiger partial charge in [-0.3, -0.25) is 4.79 Å². The van der Waals surface area contributed by atoms with Gasteiger partial charge in [0.25, 0.3) is 5.91 Å². The molecular weight excluding hydrogens is 298 g/mol. The van der Waals surface area contributed by atoms with Crippen molar-refractivity contribution in [3.05, 3.63) is 59.1 Å². The summed E-state index contributed by atoms with van der Waals surface area (Å²) in [5.74, 6) is -0.240. The Bertz CT molecular complexity index is 654. The quantitative estimate of drug-likeness (QED) is 0.686. The highest BCUT2D eigenvalue weighted by Crippen LogP contribution is 2.18. The normalized spacial score (nSPS) is 11.7. The highest BCUT2D eigenvalue weighted by molar-refractivity contribution is 7.17. The van der Waals surface area contributed by atoms with Crippen molar-refractivity contribution in [1.29, 1.82) is 0 Å². The molecule has 1 aromatic heterocycles. The SMILES string of the molecule is C=CCNc1ncc(C(=O)NCC(O)c2cccc(C)c2)s1. The van der Waals surface area contributed by atoms with E-state index in [4.69, 9.17) is 0 Å². The number of aryl methyl sites for hydroxylation is 1. The molecular formula is C16H19N3O2S. The van der Waals surface area contributed by atoms with Crippen molar-refractivity contribution in [1.82, 2.24) is 10.3 Å². The molecule has 3 N–H and O–H groups in total. The van der Waals surface area contributed by atoms with E-state index in [2.05, 4.69) is 22.2 Å². The Morgan fingerprint density at radius 1 is 1.55 bits per heavy atom. The molecule has 0 saturated carbocycles. The summed E-state index contributed by atoms with van der Waals surface area (Å²) in [6.07, 6.45) is 2.51. The molecule has 1 aromatic carbocycles. The van der Waals surface area contributed by atoms with Crippen molar-refractivity contribution in [3.63, 3.8) is 0 Å². The van der Waals surface area contributed by atoms with E-state index >= 15 is 0 Å². The zero-order valence-corrected chi connectivity index (χ0v) is 13.2. The number of nitrogens with zero attached hydrogens (tertiary/aromatic N) is 1. The zero-order valence-electron chi connectivity index (χ0n) is 12.4. The second-order valence-electron chi connectivity index (χ2n) is 4.84. The summed E-state index contributed by atoms with van der Waals surface area (Å²) in [6, 6.07) is 7.59. The van der Waals surface area contributed by atoms with Gasteiger partial charge in [-0.05, 0) is 12.5 Å².